The molecule has 1 fully saturated rings. The van der Waals surface area contributed by atoms with Gasteiger partial charge in [-0.25, -0.2) is 0 Å². The Balaban J connectivity index is 0.000000262. The van der Waals surface area contributed by atoms with Crippen molar-refractivity contribution in [3.05, 3.63) is 29.8 Å². The third kappa shape index (κ3) is 6.05. The number of esters is 3. The van der Waals surface area contributed by atoms with E-state index in [0.29, 0.717) is 6.42 Å². The number of aromatic hydroxyl groups is 1. The maximum Gasteiger partial charge on any atom is 0.322 e. The predicted octanol–water partition coefficient (Wildman–Crippen LogP) is 0.285. The molecule has 114 valence electrons. The lowest BCUT2D eigenvalue weighted by Gasteiger charge is -2.08. The molecule has 0 amide bonds. The summed E-state index contributed by atoms with van der Waals surface area (Å²) in [7, 11) is 1.30. The topological polar surface area (TPSA) is 116 Å². The molecule has 0 unspecified atom stereocenters. The van der Waals surface area contributed by atoms with Gasteiger partial charge >= 0.3 is 17.9 Å². The van der Waals surface area contributed by atoms with Crippen molar-refractivity contribution in [1.29, 1.82) is 0 Å². The van der Waals surface area contributed by atoms with Gasteiger partial charge in [0.1, 0.15) is 11.8 Å². The SMILES string of the molecule is COC(=O)[C@@H](N)Cc1ccc(O)cc1.O=C1CCC(=O)O1. The van der Waals surface area contributed by atoms with Crippen LogP contribution in [0.15, 0.2) is 24.3 Å². The summed E-state index contributed by atoms with van der Waals surface area (Å²) in [6, 6.07) is 5.90. The molecular formula is C14H17NO6. The molecule has 21 heavy (non-hydrogen) atoms. The van der Waals surface area contributed by atoms with Crippen LogP contribution in [-0.4, -0.2) is 36.2 Å². The molecule has 1 aromatic carbocycles. The first-order valence-electron chi connectivity index (χ1n) is 6.27. The van der Waals surface area contributed by atoms with E-state index in [2.05, 4.69) is 9.47 Å². The van der Waals surface area contributed by atoms with Gasteiger partial charge in [-0.15, -0.1) is 0 Å². The number of rotatable bonds is 3. The average molecular weight is 295 g/mol. The molecule has 1 heterocycles. The fourth-order valence-electron chi connectivity index (χ4n) is 1.55. The van der Waals surface area contributed by atoms with Crippen LogP contribution in [0.25, 0.3) is 0 Å². The molecule has 1 aliphatic rings. The quantitative estimate of drug-likeness (QED) is 0.608. The van der Waals surface area contributed by atoms with Gasteiger partial charge in [-0.05, 0) is 24.1 Å². The van der Waals surface area contributed by atoms with Crippen molar-refractivity contribution in [2.24, 2.45) is 5.73 Å². The molecule has 7 nitrogen and oxygen atoms in total. The molecule has 7 heteroatoms. The smallest absolute Gasteiger partial charge is 0.322 e. The zero-order chi connectivity index (χ0) is 15.8. The van der Waals surface area contributed by atoms with E-state index in [0.717, 1.165) is 5.56 Å². The van der Waals surface area contributed by atoms with Crippen LogP contribution >= 0.6 is 0 Å². The fourth-order valence-corrected chi connectivity index (χ4v) is 1.55. The second-order valence-electron chi connectivity index (χ2n) is 4.35. The summed E-state index contributed by atoms with van der Waals surface area (Å²) in [5.74, 6) is -1.03. The number of nitrogens with two attached hydrogens (primary N) is 1. The normalized spacial score (nSPS) is 14.8. The van der Waals surface area contributed by atoms with Gasteiger partial charge in [0.05, 0.1) is 20.0 Å². The Morgan fingerprint density at radius 3 is 2.19 bits per heavy atom. The van der Waals surface area contributed by atoms with E-state index in [1.165, 1.54) is 7.11 Å². The Labute approximate surface area is 121 Å². The molecule has 0 spiro atoms. The third-order valence-electron chi connectivity index (χ3n) is 2.66. The monoisotopic (exact) mass is 295 g/mol. The first kappa shape index (κ1) is 16.6. The molecule has 3 N–H and O–H groups in total. The molecule has 0 radical (unpaired) electrons. The number of carbonyl (C=O) groups is 3. The van der Waals surface area contributed by atoms with Gasteiger partial charge < -0.3 is 20.3 Å². The van der Waals surface area contributed by atoms with Crippen molar-refractivity contribution in [3.63, 3.8) is 0 Å². The Morgan fingerprint density at radius 1 is 1.29 bits per heavy atom. The molecule has 0 aliphatic carbocycles. The van der Waals surface area contributed by atoms with Crippen LogP contribution in [0.2, 0.25) is 0 Å². The van der Waals surface area contributed by atoms with Crippen molar-refractivity contribution in [2.75, 3.05) is 7.11 Å². The number of phenolic OH excluding ortho intramolecular Hbond substituents is 1. The van der Waals surface area contributed by atoms with Gasteiger partial charge in [0.25, 0.3) is 0 Å². The molecule has 1 aliphatic heterocycles. The molecule has 0 aromatic heterocycles. The Hall–Kier alpha value is -2.41. The minimum Gasteiger partial charge on any atom is -0.508 e. The van der Waals surface area contributed by atoms with Gasteiger partial charge in [0, 0.05) is 0 Å². The highest BCUT2D eigenvalue weighted by Gasteiger charge is 2.19. The number of methoxy groups -OCH3 is 1. The van der Waals surface area contributed by atoms with Crippen LogP contribution < -0.4 is 5.73 Å². The summed E-state index contributed by atoms with van der Waals surface area (Å²) >= 11 is 0. The van der Waals surface area contributed by atoms with Gasteiger partial charge in [-0.3, -0.25) is 14.4 Å². The van der Waals surface area contributed by atoms with Crippen LogP contribution in [0.1, 0.15) is 18.4 Å². The lowest BCUT2D eigenvalue weighted by molar-refractivity contribution is -0.152. The van der Waals surface area contributed by atoms with Crippen molar-refractivity contribution in [2.45, 2.75) is 25.3 Å². The van der Waals surface area contributed by atoms with Gasteiger partial charge in [0.15, 0.2) is 0 Å². The van der Waals surface area contributed by atoms with Gasteiger partial charge in [0.2, 0.25) is 0 Å². The van der Waals surface area contributed by atoms with Crippen LogP contribution in [0.5, 0.6) is 5.75 Å². The fraction of sp³-hybridized carbons (Fsp3) is 0.357. The summed E-state index contributed by atoms with van der Waals surface area (Å²) in [4.78, 5) is 31.0. The lowest BCUT2D eigenvalue weighted by Crippen LogP contribution is -2.33. The molecule has 0 saturated carbocycles. The minimum absolute atomic E-state index is 0.195. The number of phenols is 1. The standard InChI is InChI=1S/C10H13NO3.C4H4O3/c1-14-10(13)9(11)6-7-2-4-8(12)5-3-7;5-3-1-2-4(6)7-3/h2-5,9,12H,6,11H2,1H3;1-2H2/t9-;/m0./s1. The van der Waals surface area contributed by atoms with Gasteiger partial charge in [-0.1, -0.05) is 12.1 Å². The van der Waals surface area contributed by atoms with Crippen LogP contribution in [0.4, 0.5) is 0 Å². The lowest BCUT2D eigenvalue weighted by atomic mass is 10.1. The van der Waals surface area contributed by atoms with Crippen LogP contribution in [-0.2, 0) is 30.3 Å². The molecule has 1 aromatic rings. The second-order valence-corrected chi connectivity index (χ2v) is 4.35. The Bertz CT molecular complexity index is 497. The van der Waals surface area contributed by atoms with E-state index in [1.54, 1.807) is 24.3 Å². The highest BCUT2D eigenvalue weighted by Crippen LogP contribution is 2.11. The maximum atomic E-state index is 11.0. The largest absolute Gasteiger partial charge is 0.508 e. The van der Waals surface area contributed by atoms with E-state index in [9.17, 15) is 14.4 Å². The first-order chi connectivity index (χ1) is 9.92. The van der Waals surface area contributed by atoms with Crippen molar-refractivity contribution < 1.29 is 29.0 Å². The van der Waals surface area contributed by atoms with Crippen molar-refractivity contribution in [3.8, 4) is 5.75 Å². The zero-order valence-corrected chi connectivity index (χ0v) is 11.6. The number of hydrogen-bond donors (Lipinski definition) is 2. The van der Waals surface area contributed by atoms with E-state index < -0.39 is 23.9 Å². The zero-order valence-electron chi connectivity index (χ0n) is 11.6. The number of benzene rings is 1. The average Bonchev–Trinajstić information content (AvgIpc) is 2.84. The van der Waals surface area contributed by atoms with Crippen molar-refractivity contribution >= 4 is 17.9 Å². The van der Waals surface area contributed by atoms with Crippen molar-refractivity contribution in [1.82, 2.24) is 0 Å². The summed E-state index contributed by atoms with van der Waals surface area (Å²) in [6.07, 6.45) is 0.935. The van der Waals surface area contributed by atoms with Crippen LogP contribution in [0.3, 0.4) is 0 Å². The predicted molar refractivity (Wildman–Crippen MR) is 72.1 cm³/mol. The summed E-state index contributed by atoms with van der Waals surface area (Å²) < 4.78 is 8.58. The molecule has 2 rings (SSSR count). The van der Waals surface area contributed by atoms with E-state index in [1.807, 2.05) is 0 Å². The summed E-state index contributed by atoms with van der Waals surface area (Å²) in [6.45, 7) is 0. The number of carbonyl (C=O) groups excluding carboxylic acids is 3. The summed E-state index contributed by atoms with van der Waals surface area (Å²) in [5, 5.41) is 9.02. The van der Waals surface area contributed by atoms with Crippen LogP contribution in [0, 0.1) is 0 Å². The number of hydrogen-bond acceptors (Lipinski definition) is 7. The highest BCUT2D eigenvalue weighted by molar-refractivity contribution is 5.92. The highest BCUT2D eigenvalue weighted by atomic mass is 16.6. The Kier molecular flexibility index (Phi) is 6.35. The summed E-state index contributed by atoms with van der Waals surface area (Å²) in [5.41, 5.74) is 6.45. The molecule has 1 atom stereocenters. The number of ether oxygens (including phenoxy) is 2. The maximum absolute atomic E-state index is 11.0. The van der Waals surface area contributed by atoms with E-state index in [4.69, 9.17) is 10.8 Å². The number of cyclic esters (lactones) is 2. The third-order valence-corrected chi connectivity index (χ3v) is 2.66. The Morgan fingerprint density at radius 2 is 1.81 bits per heavy atom. The van der Waals surface area contributed by atoms with E-state index >= 15 is 0 Å². The minimum atomic E-state index is -0.649. The molecular weight excluding hydrogens is 278 g/mol. The second kappa shape index (κ2) is 8.01. The molecule has 0 bridgehead atoms. The first-order valence-corrected chi connectivity index (χ1v) is 6.27. The van der Waals surface area contributed by atoms with Gasteiger partial charge in [-0.2, -0.15) is 0 Å². The molecule has 1 saturated heterocycles. The van der Waals surface area contributed by atoms with E-state index in [-0.39, 0.29) is 18.6 Å².